The molecule has 1 N–H and O–H groups in total. The molecular weight excluding hydrogens is 300 g/mol. The summed E-state index contributed by atoms with van der Waals surface area (Å²) < 4.78 is 0. The number of hydrogen-bond acceptors (Lipinski definition) is 5. The maximum absolute atomic E-state index is 4.86. The number of nitrogens with zero attached hydrogens (tertiary/aromatic N) is 5. The third-order valence-corrected chi connectivity index (χ3v) is 5.36. The summed E-state index contributed by atoms with van der Waals surface area (Å²) >= 11 is 0. The highest BCUT2D eigenvalue weighted by Crippen LogP contribution is 2.35. The molecule has 0 aromatic carbocycles. The van der Waals surface area contributed by atoms with Crippen LogP contribution in [0, 0.1) is 6.92 Å². The minimum atomic E-state index is 0.354. The van der Waals surface area contributed by atoms with E-state index in [0.29, 0.717) is 12.1 Å². The highest BCUT2D eigenvalue weighted by molar-refractivity contribution is 5.49. The molecular formula is C18H26N6. The number of aryl methyl sites for hydroxylation is 1. The molecule has 4 rings (SSSR count). The van der Waals surface area contributed by atoms with E-state index in [4.69, 9.17) is 9.97 Å². The molecule has 128 valence electrons. The lowest BCUT2D eigenvalue weighted by molar-refractivity contribution is 0.107. The Hall–Kier alpha value is -1.79. The van der Waals surface area contributed by atoms with E-state index in [1.807, 2.05) is 19.2 Å². The van der Waals surface area contributed by atoms with Gasteiger partial charge in [0.1, 0.15) is 11.5 Å². The molecule has 2 fully saturated rings. The van der Waals surface area contributed by atoms with E-state index in [1.165, 1.54) is 38.9 Å². The molecule has 0 spiro atoms. The normalized spacial score (nSPS) is 23.8. The van der Waals surface area contributed by atoms with Gasteiger partial charge in [-0.05, 0) is 65.4 Å². The summed E-state index contributed by atoms with van der Waals surface area (Å²) in [5.74, 6) is 1.79. The number of hydrogen-bond donors (Lipinski definition) is 1. The monoisotopic (exact) mass is 326 g/mol. The van der Waals surface area contributed by atoms with Crippen molar-refractivity contribution >= 4 is 0 Å². The molecule has 2 aliphatic rings. The number of rotatable bonds is 3. The third-order valence-electron chi connectivity index (χ3n) is 5.36. The molecule has 1 atom stereocenters. The lowest BCUT2D eigenvalue weighted by Crippen LogP contribution is -2.43. The van der Waals surface area contributed by atoms with Gasteiger partial charge in [0.25, 0.3) is 0 Å². The van der Waals surface area contributed by atoms with Crippen LogP contribution in [0.2, 0.25) is 0 Å². The Morgan fingerprint density at radius 3 is 2.71 bits per heavy atom. The molecule has 2 aliphatic heterocycles. The molecule has 2 aromatic rings. The first kappa shape index (κ1) is 15.7. The highest BCUT2D eigenvalue weighted by Gasteiger charge is 2.35. The number of likely N-dealkylation sites (tertiary alicyclic amines) is 2. The predicted octanol–water partition coefficient (Wildman–Crippen LogP) is 2.41. The number of H-pyrrole nitrogens is 1. The van der Waals surface area contributed by atoms with Crippen molar-refractivity contribution in [2.24, 2.45) is 0 Å². The van der Waals surface area contributed by atoms with Crippen molar-refractivity contribution in [3.8, 4) is 11.5 Å². The van der Waals surface area contributed by atoms with Gasteiger partial charge in [-0.2, -0.15) is 0 Å². The van der Waals surface area contributed by atoms with Crippen molar-refractivity contribution in [2.45, 2.75) is 44.7 Å². The number of imidazole rings is 1. The zero-order chi connectivity index (χ0) is 16.5. The summed E-state index contributed by atoms with van der Waals surface area (Å²) in [4.78, 5) is 22.2. The smallest absolute Gasteiger partial charge is 0.156 e. The molecule has 2 saturated heterocycles. The zero-order valence-electron chi connectivity index (χ0n) is 14.6. The van der Waals surface area contributed by atoms with Gasteiger partial charge in [0.05, 0.1) is 6.04 Å². The van der Waals surface area contributed by atoms with Crippen LogP contribution in [-0.2, 0) is 0 Å². The lowest BCUT2D eigenvalue weighted by atomic mass is 10.0. The van der Waals surface area contributed by atoms with Crippen molar-refractivity contribution in [1.82, 2.24) is 29.7 Å². The van der Waals surface area contributed by atoms with Gasteiger partial charge in [0.15, 0.2) is 5.82 Å². The molecule has 4 heterocycles. The van der Waals surface area contributed by atoms with Crippen molar-refractivity contribution < 1.29 is 0 Å². The average molecular weight is 326 g/mol. The van der Waals surface area contributed by atoms with Crippen LogP contribution in [0.1, 0.15) is 43.2 Å². The Morgan fingerprint density at radius 1 is 1.12 bits per heavy atom. The number of aromatic nitrogens is 4. The fourth-order valence-electron chi connectivity index (χ4n) is 4.10. The molecule has 0 unspecified atom stereocenters. The Balaban J connectivity index is 1.60. The van der Waals surface area contributed by atoms with Gasteiger partial charge in [0, 0.05) is 24.1 Å². The van der Waals surface area contributed by atoms with Crippen LogP contribution < -0.4 is 0 Å². The van der Waals surface area contributed by atoms with Gasteiger partial charge >= 0.3 is 0 Å². The van der Waals surface area contributed by atoms with E-state index in [2.05, 4.69) is 26.8 Å². The summed E-state index contributed by atoms with van der Waals surface area (Å²) in [6.07, 6.45) is 8.52. The topological polar surface area (TPSA) is 60.9 Å². The summed E-state index contributed by atoms with van der Waals surface area (Å²) in [6, 6.07) is 3.04. The molecule has 0 bridgehead atoms. The van der Waals surface area contributed by atoms with E-state index in [9.17, 15) is 0 Å². The van der Waals surface area contributed by atoms with Crippen molar-refractivity contribution in [3.63, 3.8) is 0 Å². The van der Waals surface area contributed by atoms with E-state index >= 15 is 0 Å². The van der Waals surface area contributed by atoms with Crippen molar-refractivity contribution in [3.05, 3.63) is 30.0 Å². The van der Waals surface area contributed by atoms with Crippen LogP contribution in [0.4, 0.5) is 0 Å². The van der Waals surface area contributed by atoms with Crippen LogP contribution in [0.25, 0.3) is 11.5 Å². The fourth-order valence-corrected chi connectivity index (χ4v) is 4.10. The molecule has 0 saturated carbocycles. The molecule has 2 aromatic heterocycles. The standard InChI is InChI=1S/C18H26N6/c1-13-12-15(17-19-7-8-20-17)22-18(21-13)16-4-3-9-24(16)14-5-10-23(2)11-6-14/h7-8,12,14,16H,3-6,9-11H2,1-2H3,(H,19,20)/t16-/m1/s1. The molecule has 0 radical (unpaired) electrons. The van der Waals surface area contributed by atoms with E-state index in [1.54, 1.807) is 6.20 Å². The van der Waals surface area contributed by atoms with Gasteiger partial charge in [-0.15, -0.1) is 0 Å². The van der Waals surface area contributed by atoms with Crippen LogP contribution >= 0.6 is 0 Å². The van der Waals surface area contributed by atoms with E-state index < -0.39 is 0 Å². The van der Waals surface area contributed by atoms with Crippen LogP contribution in [0.15, 0.2) is 18.5 Å². The average Bonchev–Trinajstić information content (AvgIpc) is 3.27. The quantitative estimate of drug-likeness (QED) is 0.938. The zero-order valence-corrected chi connectivity index (χ0v) is 14.6. The largest absolute Gasteiger partial charge is 0.343 e. The summed E-state index contributed by atoms with van der Waals surface area (Å²) in [5.41, 5.74) is 1.92. The Kier molecular flexibility index (Phi) is 4.33. The van der Waals surface area contributed by atoms with Crippen LogP contribution in [-0.4, -0.2) is 62.5 Å². The predicted molar refractivity (Wildman–Crippen MR) is 93.6 cm³/mol. The fraction of sp³-hybridized carbons (Fsp3) is 0.611. The first-order chi connectivity index (χ1) is 11.7. The summed E-state index contributed by atoms with van der Waals surface area (Å²) in [7, 11) is 2.22. The number of piperidine rings is 1. The van der Waals surface area contributed by atoms with Crippen molar-refractivity contribution in [2.75, 3.05) is 26.7 Å². The van der Waals surface area contributed by atoms with Gasteiger partial charge in [-0.25, -0.2) is 15.0 Å². The van der Waals surface area contributed by atoms with Gasteiger partial charge in [0.2, 0.25) is 0 Å². The van der Waals surface area contributed by atoms with E-state index in [0.717, 1.165) is 29.5 Å². The maximum atomic E-state index is 4.86. The second-order valence-electron chi connectivity index (χ2n) is 7.12. The molecule has 6 nitrogen and oxygen atoms in total. The van der Waals surface area contributed by atoms with Gasteiger partial charge < -0.3 is 9.88 Å². The SMILES string of the molecule is Cc1cc(-c2ncc[nH]2)nc([C@H]2CCCN2C2CCN(C)CC2)n1. The second kappa shape index (κ2) is 6.61. The number of aromatic amines is 1. The number of nitrogens with one attached hydrogen (secondary N) is 1. The first-order valence-electron chi connectivity index (χ1n) is 9.00. The minimum Gasteiger partial charge on any atom is -0.343 e. The van der Waals surface area contributed by atoms with Crippen LogP contribution in [0.3, 0.4) is 0 Å². The summed E-state index contributed by atoms with van der Waals surface area (Å²) in [6.45, 7) is 5.61. The third kappa shape index (κ3) is 3.08. The lowest BCUT2D eigenvalue weighted by Gasteiger charge is -2.37. The van der Waals surface area contributed by atoms with Gasteiger partial charge in [-0.3, -0.25) is 4.90 Å². The highest BCUT2D eigenvalue weighted by atomic mass is 15.2. The Labute approximate surface area is 143 Å². The Bertz CT molecular complexity index is 675. The van der Waals surface area contributed by atoms with Crippen molar-refractivity contribution in [1.29, 1.82) is 0 Å². The van der Waals surface area contributed by atoms with Crippen LogP contribution in [0.5, 0.6) is 0 Å². The van der Waals surface area contributed by atoms with Gasteiger partial charge in [-0.1, -0.05) is 0 Å². The first-order valence-corrected chi connectivity index (χ1v) is 9.00. The molecule has 24 heavy (non-hydrogen) atoms. The second-order valence-corrected chi connectivity index (χ2v) is 7.12. The van der Waals surface area contributed by atoms with E-state index in [-0.39, 0.29) is 0 Å². The molecule has 0 amide bonds. The Morgan fingerprint density at radius 2 is 1.96 bits per heavy atom. The molecule has 6 heteroatoms. The summed E-state index contributed by atoms with van der Waals surface area (Å²) in [5, 5.41) is 0. The minimum absolute atomic E-state index is 0.354. The maximum Gasteiger partial charge on any atom is 0.156 e. The molecule has 0 aliphatic carbocycles.